The summed E-state index contributed by atoms with van der Waals surface area (Å²) in [7, 11) is 3.29. The zero-order valence-electron chi connectivity index (χ0n) is 17.2. The van der Waals surface area contributed by atoms with E-state index in [0.29, 0.717) is 29.5 Å². The van der Waals surface area contributed by atoms with E-state index in [2.05, 4.69) is 35.7 Å². The van der Waals surface area contributed by atoms with E-state index in [1.807, 2.05) is 6.07 Å². The first kappa shape index (κ1) is 20.5. The lowest BCUT2D eigenvalue weighted by atomic mass is 10.0. The van der Waals surface area contributed by atoms with Gasteiger partial charge in [0.05, 0.1) is 25.0 Å². The Labute approximate surface area is 178 Å². The summed E-state index contributed by atoms with van der Waals surface area (Å²) in [6.45, 7) is 7.54. The van der Waals surface area contributed by atoms with Gasteiger partial charge in [-0.15, -0.1) is 5.10 Å². The third-order valence-corrected chi connectivity index (χ3v) is 5.18. The molecule has 0 aliphatic heterocycles. The number of hydrogen-bond donors (Lipinski definition) is 2. The number of methoxy groups -OCH3 is 1. The van der Waals surface area contributed by atoms with Gasteiger partial charge in [0.25, 0.3) is 5.91 Å². The molecule has 11 heteroatoms. The van der Waals surface area contributed by atoms with Crippen LogP contribution >= 0.6 is 0 Å². The second kappa shape index (κ2) is 8.93. The molecule has 0 saturated heterocycles. The van der Waals surface area contributed by atoms with Gasteiger partial charge in [-0.25, -0.2) is 4.85 Å². The van der Waals surface area contributed by atoms with Crippen LogP contribution in [0.5, 0.6) is 5.88 Å². The summed E-state index contributed by atoms with van der Waals surface area (Å²) >= 11 is 0. The Bertz CT molecular complexity index is 1120. The molecule has 2 N–H and O–H groups in total. The first-order chi connectivity index (χ1) is 15.1. The zero-order chi connectivity index (χ0) is 21.8. The fourth-order valence-corrected chi connectivity index (χ4v) is 3.72. The predicted octanol–water partition coefficient (Wildman–Crippen LogP) is 2.60. The molecule has 0 spiro atoms. The maximum absolute atomic E-state index is 12.6. The average Bonchev–Trinajstić information content (AvgIpc) is 3.49. The van der Waals surface area contributed by atoms with E-state index in [1.165, 1.54) is 10.9 Å². The Morgan fingerprint density at radius 1 is 1.42 bits per heavy atom. The van der Waals surface area contributed by atoms with Gasteiger partial charge < -0.3 is 14.8 Å². The smallest absolute Gasteiger partial charge is 0.275 e. The van der Waals surface area contributed by atoms with Crippen LogP contribution in [0.3, 0.4) is 0 Å². The largest absolute Gasteiger partial charge is 0.482 e. The number of nitrogens with zero attached hydrogens (tertiary/aromatic N) is 6. The molecule has 160 valence electrons. The van der Waals surface area contributed by atoms with Crippen molar-refractivity contribution in [1.29, 1.82) is 0 Å². The minimum atomic E-state index is -0.294. The molecule has 31 heavy (non-hydrogen) atoms. The van der Waals surface area contributed by atoms with E-state index in [4.69, 9.17) is 16.0 Å². The van der Waals surface area contributed by atoms with Gasteiger partial charge in [0.1, 0.15) is 5.69 Å². The first-order valence-electron chi connectivity index (χ1n) is 9.81. The number of nitrogens with one attached hydrogen (secondary N) is 2. The van der Waals surface area contributed by atoms with Crippen molar-refractivity contribution in [3.8, 4) is 5.88 Å². The van der Waals surface area contributed by atoms with E-state index in [1.54, 1.807) is 26.3 Å². The number of aromatic nitrogens is 6. The Morgan fingerprint density at radius 2 is 2.29 bits per heavy atom. The fourth-order valence-electron chi connectivity index (χ4n) is 3.72. The highest BCUT2D eigenvalue weighted by atomic mass is 16.5. The van der Waals surface area contributed by atoms with E-state index in [9.17, 15) is 4.79 Å². The van der Waals surface area contributed by atoms with Gasteiger partial charge in [-0.05, 0) is 31.4 Å². The quantitative estimate of drug-likeness (QED) is 0.561. The van der Waals surface area contributed by atoms with Crippen molar-refractivity contribution in [3.63, 3.8) is 0 Å². The molecule has 0 bridgehead atoms. The molecule has 11 nitrogen and oxygen atoms in total. The summed E-state index contributed by atoms with van der Waals surface area (Å²) in [4.78, 5) is 16.0. The van der Waals surface area contributed by atoms with Crippen molar-refractivity contribution in [3.05, 3.63) is 52.9 Å². The second-order valence-electron chi connectivity index (χ2n) is 7.32. The van der Waals surface area contributed by atoms with Crippen LogP contribution in [0.25, 0.3) is 4.85 Å². The van der Waals surface area contributed by atoms with Crippen molar-refractivity contribution in [2.45, 2.75) is 37.9 Å². The number of hydrogen-bond acceptors (Lipinski definition) is 7. The molecule has 1 aliphatic carbocycles. The lowest BCUT2D eigenvalue weighted by Gasteiger charge is -2.13. The van der Waals surface area contributed by atoms with Crippen molar-refractivity contribution < 1.29 is 14.3 Å². The van der Waals surface area contributed by atoms with Crippen molar-refractivity contribution >= 4 is 17.4 Å². The van der Waals surface area contributed by atoms with E-state index in [0.717, 1.165) is 25.0 Å². The second-order valence-corrected chi connectivity index (χ2v) is 7.32. The molecule has 1 aliphatic rings. The van der Waals surface area contributed by atoms with Gasteiger partial charge >= 0.3 is 0 Å². The molecule has 1 saturated carbocycles. The average molecular weight is 422 g/mol. The number of ether oxygens (including phenoxy) is 2. The SMILES string of the molecule is [C-]#[N+]c1ccnnc1O[C@@H]1CC[C@H](c2cc(NC(=O)c3cc(COC)nn3C)n[nH]2)C1. The molecule has 1 amide bonds. The Morgan fingerprint density at radius 3 is 3.10 bits per heavy atom. The molecule has 1 fully saturated rings. The lowest BCUT2D eigenvalue weighted by Crippen LogP contribution is -2.16. The van der Waals surface area contributed by atoms with Gasteiger partial charge in [-0.3, -0.25) is 14.6 Å². The van der Waals surface area contributed by atoms with Gasteiger partial charge in [0.2, 0.25) is 11.6 Å². The summed E-state index contributed by atoms with van der Waals surface area (Å²) in [5.41, 5.74) is 2.38. The first-order valence-corrected chi connectivity index (χ1v) is 9.81. The maximum Gasteiger partial charge on any atom is 0.275 e. The number of carbonyl (C=O) groups is 1. The third-order valence-electron chi connectivity index (χ3n) is 5.18. The van der Waals surface area contributed by atoms with E-state index >= 15 is 0 Å². The van der Waals surface area contributed by atoms with Gasteiger partial charge in [-0.1, -0.05) is 0 Å². The summed E-state index contributed by atoms with van der Waals surface area (Å²) in [6, 6.07) is 5.12. The van der Waals surface area contributed by atoms with Crippen LogP contribution in [-0.4, -0.2) is 49.3 Å². The van der Waals surface area contributed by atoms with Crippen LogP contribution in [0.15, 0.2) is 24.4 Å². The minimum Gasteiger partial charge on any atom is -0.482 e. The van der Waals surface area contributed by atoms with Crippen LogP contribution in [0.2, 0.25) is 0 Å². The summed E-state index contributed by atoms with van der Waals surface area (Å²) in [5.74, 6) is 0.631. The topological polar surface area (TPSA) is 124 Å². The fraction of sp³-hybridized carbons (Fsp3) is 0.400. The summed E-state index contributed by atoms with van der Waals surface area (Å²) < 4.78 is 12.5. The minimum absolute atomic E-state index is 0.0582. The normalized spacial score (nSPS) is 18.0. The molecule has 3 aromatic rings. The van der Waals surface area contributed by atoms with E-state index < -0.39 is 0 Å². The number of anilines is 1. The molecule has 3 aromatic heterocycles. The predicted molar refractivity (Wildman–Crippen MR) is 110 cm³/mol. The number of aromatic amines is 1. The zero-order valence-corrected chi connectivity index (χ0v) is 17.2. The maximum atomic E-state index is 12.6. The highest BCUT2D eigenvalue weighted by Crippen LogP contribution is 2.37. The standard InChI is InChI=1S/C20H22N8O3/c1-21-15-6-7-22-26-20(15)31-14-5-4-12(8-14)16-10-18(25-24-16)23-19(29)17-9-13(11-30-3)27-28(17)2/h6-7,9-10,12,14H,4-5,8,11H2,2-3H3,(H2,23,24,25,29)/t12-,14+/m0/s1. The van der Waals surface area contributed by atoms with Crippen LogP contribution in [0, 0.1) is 6.57 Å². The van der Waals surface area contributed by atoms with Crippen LogP contribution < -0.4 is 10.1 Å². The molecular formula is C20H22N8O3. The number of H-pyrrole nitrogens is 1. The Kier molecular flexibility index (Phi) is 5.90. The van der Waals surface area contributed by atoms with Gasteiger partial charge in [-0.2, -0.15) is 15.3 Å². The number of amides is 1. The van der Waals surface area contributed by atoms with Gasteiger partial charge in [0, 0.05) is 38.0 Å². The number of carbonyl (C=O) groups excluding carboxylic acids is 1. The molecule has 0 radical (unpaired) electrons. The number of rotatable bonds is 7. The molecule has 0 unspecified atom stereocenters. The van der Waals surface area contributed by atoms with Crippen LogP contribution in [0.4, 0.5) is 11.5 Å². The van der Waals surface area contributed by atoms with Crippen LogP contribution in [-0.2, 0) is 18.4 Å². The lowest BCUT2D eigenvalue weighted by molar-refractivity contribution is 0.101. The molecule has 0 aromatic carbocycles. The summed E-state index contributed by atoms with van der Waals surface area (Å²) in [6.07, 6.45) is 3.90. The monoisotopic (exact) mass is 422 g/mol. The molecule has 3 heterocycles. The highest BCUT2D eigenvalue weighted by molar-refractivity contribution is 6.02. The Balaban J connectivity index is 1.37. The summed E-state index contributed by atoms with van der Waals surface area (Å²) in [5, 5.41) is 22.0. The Hall–Kier alpha value is -3.78. The highest BCUT2D eigenvalue weighted by Gasteiger charge is 2.30. The van der Waals surface area contributed by atoms with Crippen molar-refractivity contribution in [2.75, 3.05) is 12.4 Å². The molecular weight excluding hydrogens is 400 g/mol. The van der Waals surface area contributed by atoms with Crippen molar-refractivity contribution in [2.24, 2.45) is 7.05 Å². The molecule has 4 rings (SSSR count). The van der Waals surface area contributed by atoms with Crippen LogP contribution in [0.1, 0.15) is 47.1 Å². The van der Waals surface area contributed by atoms with Crippen molar-refractivity contribution in [1.82, 2.24) is 30.2 Å². The van der Waals surface area contributed by atoms with Gasteiger partial charge in [0.15, 0.2) is 5.82 Å². The third kappa shape index (κ3) is 4.54. The van der Waals surface area contributed by atoms with E-state index in [-0.39, 0.29) is 23.8 Å². The number of aryl methyl sites for hydroxylation is 1. The molecule has 2 atom stereocenters.